The second-order valence-corrected chi connectivity index (χ2v) is 6.07. The SMILES string of the molecule is CC1(CO)CN(c2ccc(NCOc3ccccc3)cc2)NC1=O. The molecule has 1 amide bonds. The number of hydrazine groups is 1. The van der Waals surface area contributed by atoms with Crippen LogP contribution in [0.3, 0.4) is 0 Å². The van der Waals surface area contributed by atoms with Gasteiger partial charge in [0.25, 0.3) is 0 Å². The van der Waals surface area contributed by atoms with Gasteiger partial charge in [0.1, 0.15) is 5.75 Å². The molecular weight excluding hydrogens is 306 g/mol. The standard InChI is InChI=1S/C18H21N3O3/c1-18(12-22)11-21(20-17(18)23)15-9-7-14(8-10-15)19-13-24-16-5-3-2-4-6-16/h2-10,19,22H,11-13H2,1H3,(H,20,23). The Bertz CT molecular complexity index is 690. The summed E-state index contributed by atoms with van der Waals surface area (Å²) >= 11 is 0. The van der Waals surface area contributed by atoms with E-state index in [1.54, 1.807) is 11.9 Å². The van der Waals surface area contributed by atoms with Crippen LogP contribution in [-0.4, -0.2) is 30.9 Å². The highest BCUT2D eigenvalue weighted by molar-refractivity contribution is 5.87. The Balaban J connectivity index is 1.55. The minimum absolute atomic E-state index is 0.163. The molecule has 1 heterocycles. The van der Waals surface area contributed by atoms with Gasteiger partial charge in [0.15, 0.2) is 6.73 Å². The van der Waals surface area contributed by atoms with Crippen molar-refractivity contribution in [1.82, 2.24) is 5.43 Å². The summed E-state index contributed by atoms with van der Waals surface area (Å²) < 4.78 is 5.59. The summed E-state index contributed by atoms with van der Waals surface area (Å²) in [6.45, 7) is 2.38. The van der Waals surface area contributed by atoms with Crippen LogP contribution >= 0.6 is 0 Å². The van der Waals surface area contributed by atoms with Crippen LogP contribution in [-0.2, 0) is 4.79 Å². The van der Waals surface area contributed by atoms with Crippen molar-refractivity contribution in [3.8, 4) is 5.75 Å². The number of aliphatic hydroxyl groups excluding tert-OH is 1. The first-order valence-electron chi connectivity index (χ1n) is 7.82. The maximum absolute atomic E-state index is 11.9. The molecule has 126 valence electrons. The maximum atomic E-state index is 11.9. The van der Waals surface area contributed by atoms with Gasteiger partial charge in [-0.15, -0.1) is 0 Å². The van der Waals surface area contributed by atoms with E-state index >= 15 is 0 Å². The fourth-order valence-electron chi connectivity index (χ4n) is 2.47. The Morgan fingerprint density at radius 1 is 1.21 bits per heavy atom. The first kappa shape index (κ1) is 16.1. The number of benzene rings is 2. The Morgan fingerprint density at radius 2 is 1.92 bits per heavy atom. The number of anilines is 2. The van der Waals surface area contributed by atoms with Crippen LogP contribution in [0.5, 0.6) is 5.75 Å². The van der Waals surface area contributed by atoms with Crippen molar-refractivity contribution in [2.24, 2.45) is 5.41 Å². The summed E-state index contributed by atoms with van der Waals surface area (Å²) in [5.41, 5.74) is 3.81. The largest absolute Gasteiger partial charge is 0.473 e. The lowest BCUT2D eigenvalue weighted by atomic mass is 9.92. The molecule has 1 saturated heterocycles. The molecule has 2 aromatic carbocycles. The summed E-state index contributed by atoms with van der Waals surface area (Å²) in [6, 6.07) is 17.3. The van der Waals surface area contributed by atoms with Gasteiger partial charge in [0.05, 0.1) is 24.3 Å². The zero-order valence-electron chi connectivity index (χ0n) is 13.5. The molecule has 0 aromatic heterocycles. The van der Waals surface area contributed by atoms with E-state index in [0.29, 0.717) is 13.3 Å². The third kappa shape index (κ3) is 3.44. The van der Waals surface area contributed by atoms with Gasteiger partial charge in [-0.05, 0) is 43.3 Å². The number of rotatable bonds is 6. The van der Waals surface area contributed by atoms with Crippen molar-refractivity contribution in [3.63, 3.8) is 0 Å². The molecule has 6 heteroatoms. The van der Waals surface area contributed by atoms with Gasteiger partial charge in [-0.3, -0.25) is 15.2 Å². The molecule has 6 nitrogen and oxygen atoms in total. The highest BCUT2D eigenvalue weighted by atomic mass is 16.5. The Morgan fingerprint density at radius 3 is 2.54 bits per heavy atom. The van der Waals surface area contributed by atoms with Crippen LogP contribution in [0.2, 0.25) is 0 Å². The minimum Gasteiger partial charge on any atom is -0.473 e. The molecule has 1 aliphatic heterocycles. The number of carbonyl (C=O) groups is 1. The molecule has 0 aliphatic carbocycles. The minimum atomic E-state index is -0.763. The number of hydrogen-bond acceptors (Lipinski definition) is 5. The number of carbonyl (C=O) groups excluding carboxylic acids is 1. The van der Waals surface area contributed by atoms with Gasteiger partial charge in [-0.1, -0.05) is 18.2 Å². The molecular formula is C18H21N3O3. The van der Waals surface area contributed by atoms with Crippen LogP contribution in [0, 0.1) is 5.41 Å². The van der Waals surface area contributed by atoms with E-state index in [-0.39, 0.29) is 12.5 Å². The maximum Gasteiger partial charge on any atom is 0.248 e. The molecule has 1 fully saturated rings. The third-order valence-electron chi connectivity index (χ3n) is 4.08. The average Bonchev–Trinajstić information content (AvgIpc) is 2.92. The molecule has 3 N–H and O–H groups in total. The number of aliphatic hydroxyl groups is 1. The molecule has 0 bridgehead atoms. The van der Waals surface area contributed by atoms with E-state index in [2.05, 4.69) is 10.7 Å². The van der Waals surface area contributed by atoms with E-state index in [1.165, 1.54) is 0 Å². The Labute approximate surface area is 141 Å². The van der Waals surface area contributed by atoms with Crippen molar-refractivity contribution in [1.29, 1.82) is 0 Å². The molecule has 1 unspecified atom stereocenters. The van der Waals surface area contributed by atoms with Crippen LogP contribution in [0.4, 0.5) is 11.4 Å². The van der Waals surface area contributed by atoms with Crippen molar-refractivity contribution >= 4 is 17.3 Å². The third-order valence-corrected chi connectivity index (χ3v) is 4.08. The number of nitrogens with zero attached hydrogens (tertiary/aromatic N) is 1. The van der Waals surface area contributed by atoms with E-state index in [1.807, 2.05) is 54.6 Å². The van der Waals surface area contributed by atoms with E-state index in [4.69, 9.17) is 4.74 Å². The smallest absolute Gasteiger partial charge is 0.248 e. The van der Waals surface area contributed by atoms with Crippen LogP contribution in [0.15, 0.2) is 54.6 Å². The predicted octanol–water partition coefficient (Wildman–Crippen LogP) is 1.98. The van der Waals surface area contributed by atoms with E-state index in [9.17, 15) is 9.90 Å². The number of amides is 1. The number of para-hydroxylation sites is 1. The fourth-order valence-corrected chi connectivity index (χ4v) is 2.47. The van der Waals surface area contributed by atoms with Gasteiger partial charge in [0, 0.05) is 5.69 Å². The van der Waals surface area contributed by atoms with Crippen LogP contribution < -0.4 is 20.5 Å². The zero-order valence-corrected chi connectivity index (χ0v) is 13.5. The molecule has 0 saturated carbocycles. The molecule has 24 heavy (non-hydrogen) atoms. The summed E-state index contributed by atoms with van der Waals surface area (Å²) in [7, 11) is 0. The molecule has 0 radical (unpaired) electrons. The van der Waals surface area contributed by atoms with Crippen molar-refractivity contribution in [3.05, 3.63) is 54.6 Å². The predicted molar refractivity (Wildman–Crippen MR) is 92.7 cm³/mol. The average molecular weight is 327 g/mol. The lowest BCUT2D eigenvalue weighted by Gasteiger charge is -2.20. The second kappa shape index (κ2) is 6.80. The Hall–Kier alpha value is -2.73. The normalized spacial score (nSPS) is 19.9. The lowest BCUT2D eigenvalue weighted by molar-refractivity contribution is -0.128. The fraction of sp³-hybridized carbons (Fsp3) is 0.278. The van der Waals surface area contributed by atoms with Gasteiger partial charge >= 0.3 is 0 Å². The first-order chi connectivity index (χ1) is 11.6. The summed E-state index contributed by atoms with van der Waals surface area (Å²) in [5, 5.41) is 14.3. The molecule has 0 spiro atoms. The van der Waals surface area contributed by atoms with Gasteiger partial charge < -0.3 is 15.2 Å². The van der Waals surface area contributed by atoms with E-state index in [0.717, 1.165) is 17.1 Å². The topological polar surface area (TPSA) is 73.8 Å². The molecule has 2 aromatic rings. The van der Waals surface area contributed by atoms with Gasteiger partial charge in [-0.25, -0.2) is 0 Å². The highest BCUT2D eigenvalue weighted by Gasteiger charge is 2.41. The summed E-state index contributed by atoms with van der Waals surface area (Å²) in [6.07, 6.45) is 0. The number of nitrogens with one attached hydrogen (secondary N) is 2. The summed E-state index contributed by atoms with van der Waals surface area (Å²) in [5.74, 6) is 0.646. The second-order valence-electron chi connectivity index (χ2n) is 6.07. The molecule has 1 aliphatic rings. The van der Waals surface area contributed by atoms with Crippen LogP contribution in [0.25, 0.3) is 0 Å². The highest BCUT2D eigenvalue weighted by Crippen LogP contribution is 2.27. The van der Waals surface area contributed by atoms with Crippen LogP contribution in [0.1, 0.15) is 6.92 Å². The van der Waals surface area contributed by atoms with E-state index < -0.39 is 5.41 Å². The van der Waals surface area contributed by atoms with Crippen molar-refractivity contribution < 1.29 is 14.6 Å². The van der Waals surface area contributed by atoms with Crippen molar-refractivity contribution in [2.75, 3.05) is 30.2 Å². The molecule has 3 rings (SSSR count). The van der Waals surface area contributed by atoms with Gasteiger partial charge in [-0.2, -0.15) is 0 Å². The summed E-state index contributed by atoms with van der Waals surface area (Å²) in [4.78, 5) is 11.9. The van der Waals surface area contributed by atoms with Crippen molar-refractivity contribution in [2.45, 2.75) is 6.92 Å². The van der Waals surface area contributed by atoms with Gasteiger partial charge in [0.2, 0.25) is 5.91 Å². The molecule has 1 atom stereocenters. The first-order valence-corrected chi connectivity index (χ1v) is 7.82. The quantitative estimate of drug-likeness (QED) is 0.708. The monoisotopic (exact) mass is 327 g/mol. The lowest BCUT2D eigenvalue weighted by Crippen LogP contribution is -2.34. The number of ether oxygens (including phenoxy) is 1. The number of hydrogen-bond donors (Lipinski definition) is 3. The zero-order chi connectivity index (χ0) is 17.0. The Kier molecular flexibility index (Phi) is 4.57.